The zero-order chi connectivity index (χ0) is 17.1. The number of nitrogens with zero attached hydrogens (tertiary/aromatic N) is 1. The van der Waals surface area contributed by atoms with Gasteiger partial charge in [0.1, 0.15) is 12.0 Å². The lowest BCUT2D eigenvalue weighted by molar-refractivity contribution is -0.125. The molecule has 2 atom stereocenters. The summed E-state index contributed by atoms with van der Waals surface area (Å²) < 4.78 is 14.2. The minimum atomic E-state index is -1.05. The molecule has 0 saturated heterocycles. The van der Waals surface area contributed by atoms with Crippen molar-refractivity contribution in [3.05, 3.63) is 35.4 Å². The number of amides is 2. The van der Waals surface area contributed by atoms with Crippen LogP contribution in [0.25, 0.3) is 0 Å². The summed E-state index contributed by atoms with van der Waals surface area (Å²) in [7, 11) is 0. The number of ketones is 1. The second-order valence-electron chi connectivity index (χ2n) is 6.69. The highest BCUT2D eigenvalue weighted by molar-refractivity contribution is 6.21. The Balaban J connectivity index is 1.48. The van der Waals surface area contributed by atoms with Crippen molar-refractivity contribution < 1.29 is 18.8 Å². The molecule has 2 aliphatic rings. The number of halogens is 1. The van der Waals surface area contributed by atoms with Crippen molar-refractivity contribution in [1.29, 1.82) is 0 Å². The standard InChI is InChI=1S/C19H22FNO3/c20-14(12-13-6-1-4-10-17(13)22)7-5-11-21-18(23)15-8-2-3-9-16(15)19(21)24/h2-3,8-9,13-14H,1,4-7,10-12H2. The van der Waals surface area contributed by atoms with Crippen LogP contribution in [0.2, 0.25) is 0 Å². The summed E-state index contributed by atoms with van der Waals surface area (Å²) in [6.07, 6.45) is 3.21. The third kappa shape index (κ3) is 3.40. The summed E-state index contributed by atoms with van der Waals surface area (Å²) in [6.45, 7) is 0.228. The molecule has 1 saturated carbocycles. The van der Waals surface area contributed by atoms with Gasteiger partial charge >= 0.3 is 0 Å². The molecule has 2 unspecified atom stereocenters. The van der Waals surface area contributed by atoms with E-state index in [4.69, 9.17) is 0 Å². The lowest BCUT2D eigenvalue weighted by Gasteiger charge is -2.22. The number of benzene rings is 1. The van der Waals surface area contributed by atoms with Crippen LogP contribution in [0.3, 0.4) is 0 Å². The second kappa shape index (κ2) is 7.24. The molecule has 5 heteroatoms. The van der Waals surface area contributed by atoms with Crippen LogP contribution in [0.5, 0.6) is 0 Å². The molecule has 3 rings (SSSR count). The number of carbonyl (C=O) groups is 3. The summed E-state index contributed by atoms with van der Waals surface area (Å²) in [4.78, 5) is 37.4. The molecular formula is C19H22FNO3. The van der Waals surface area contributed by atoms with Gasteiger partial charge in [-0.15, -0.1) is 0 Å². The Kier molecular flexibility index (Phi) is 5.07. The minimum absolute atomic E-state index is 0.145. The molecule has 0 spiro atoms. The molecule has 0 radical (unpaired) electrons. The normalized spacial score (nSPS) is 22.0. The first-order valence-corrected chi connectivity index (χ1v) is 8.70. The zero-order valence-corrected chi connectivity index (χ0v) is 13.7. The minimum Gasteiger partial charge on any atom is -0.299 e. The van der Waals surface area contributed by atoms with Gasteiger partial charge in [-0.05, 0) is 44.2 Å². The fraction of sp³-hybridized carbons (Fsp3) is 0.526. The van der Waals surface area contributed by atoms with Crippen LogP contribution in [0.15, 0.2) is 24.3 Å². The van der Waals surface area contributed by atoms with E-state index in [9.17, 15) is 18.8 Å². The van der Waals surface area contributed by atoms with Crippen LogP contribution in [0.4, 0.5) is 4.39 Å². The van der Waals surface area contributed by atoms with Crippen molar-refractivity contribution in [1.82, 2.24) is 4.90 Å². The van der Waals surface area contributed by atoms with E-state index in [1.54, 1.807) is 24.3 Å². The van der Waals surface area contributed by atoms with Gasteiger partial charge in [-0.2, -0.15) is 0 Å². The highest BCUT2D eigenvalue weighted by Gasteiger charge is 2.34. The lowest BCUT2D eigenvalue weighted by atomic mass is 9.84. The number of rotatable bonds is 6. The largest absolute Gasteiger partial charge is 0.299 e. The Morgan fingerprint density at radius 3 is 2.38 bits per heavy atom. The SMILES string of the molecule is O=C1CCCCC1CC(F)CCCN1C(=O)c2ccccc2C1=O. The Morgan fingerprint density at radius 1 is 1.08 bits per heavy atom. The highest BCUT2D eigenvalue weighted by atomic mass is 19.1. The van der Waals surface area contributed by atoms with E-state index in [0.29, 0.717) is 24.0 Å². The van der Waals surface area contributed by atoms with Crippen molar-refractivity contribution in [2.45, 2.75) is 51.1 Å². The number of fused-ring (bicyclic) bond motifs is 1. The summed E-state index contributed by atoms with van der Waals surface area (Å²) in [5.74, 6) is -0.556. The zero-order valence-electron chi connectivity index (χ0n) is 13.7. The predicted octanol–water partition coefficient (Wildman–Crippen LogP) is 3.55. The molecule has 1 aromatic carbocycles. The second-order valence-corrected chi connectivity index (χ2v) is 6.69. The monoisotopic (exact) mass is 331 g/mol. The molecule has 0 bridgehead atoms. The molecule has 1 aromatic rings. The maximum absolute atomic E-state index is 14.2. The molecule has 4 nitrogen and oxygen atoms in total. The van der Waals surface area contributed by atoms with E-state index in [1.165, 1.54) is 4.90 Å². The number of alkyl halides is 1. The summed E-state index contributed by atoms with van der Waals surface area (Å²) in [5, 5.41) is 0. The van der Waals surface area contributed by atoms with Gasteiger partial charge in [0, 0.05) is 18.9 Å². The molecule has 1 heterocycles. The Morgan fingerprint density at radius 2 is 1.75 bits per heavy atom. The molecule has 128 valence electrons. The number of Topliss-reactive ketones (excluding diaryl/α,β-unsaturated/α-hetero) is 1. The molecule has 24 heavy (non-hydrogen) atoms. The smallest absolute Gasteiger partial charge is 0.261 e. The van der Waals surface area contributed by atoms with Crippen LogP contribution < -0.4 is 0 Å². The Labute approximate surface area is 141 Å². The van der Waals surface area contributed by atoms with Crippen LogP contribution in [0.1, 0.15) is 65.7 Å². The fourth-order valence-corrected chi connectivity index (χ4v) is 3.64. The third-order valence-electron chi connectivity index (χ3n) is 5.00. The maximum Gasteiger partial charge on any atom is 0.261 e. The Bertz CT molecular complexity index is 623. The van der Waals surface area contributed by atoms with Crippen molar-refractivity contribution >= 4 is 17.6 Å². The van der Waals surface area contributed by atoms with Crippen molar-refractivity contribution in [3.63, 3.8) is 0 Å². The van der Waals surface area contributed by atoms with E-state index < -0.39 is 6.17 Å². The average molecular weight is 331 g/mol. The molecule has 1 aliphatic carbocycles. The molecular weight excluding hydrogens is 309 g/mol. The van der Waals surface area contributed by atoms with Crippen molar-refractivity contribution in [2.24, 2.45) is 5.92 Å². The van der Waals surface area contributed by atoms with Gasteiger partial charge in [0.2, 0.25) is 0 Å². The van der Waals surface area contributed by atoms with E-state index in [2.05, 4.69) is 0 Å². The first-order valence-electron chi connectivity index (χ1n) is 8.70. The first-order chi connectivity index (χ1) is 11.6. The lowest BCUT2D eigenvalue weighted by Crippen LogP contribution is -2.31. The number of hydrogen-bond acceptors (Lipinski definition) is 3. The van der Waals surface area contributed by atoms with E-state index in [0.717, 1.165) is 19.3 Å². The number of imide groups is 1. The molecule has 0 aromatic heterocycles. The molecule has 1 fully saturated rings. The summed E-state index contributed by atoms with van der Waals surface area (Å²) >= 11 is 0. The van der Waals surface area contributed by atoms with Gasteiger partial charge in [-0.3, -0.25) is 19.3 Å². The topological polar surface area (TPSA) is 54.5 Å². The highest BCUT2D eigenvalue weighted by Crippen LogP contribution is 2.27. The van der Waals surface area contributed by atoms with Crippen LogP contribution in [-0.2, 0) is 4.79 Å². The van der Waals surface area contributed by atoms with Gasteiger partial charge in [0.05, 0.1) is 11.1 Å². The third-order valence-corrected chi connectivity index (χ3v) is 5.00. The quantitative estimate of drug-likeness (QED) is 0.749. The maximum atomic E-state index is 14.2. The van der Waals surface area contributed by atoms with E-state index in [-0.39, 0.29) is 42.9 Å². The van der Waals surface area contributed by atoms with E-state index in [1.807, 2.05) is 0 Å². The van der Waals surface area contributed by atoms with Crippen LogP contribution >= 0.6 is 0 Å². The van der Waals surface area contributed by atoms with Gasteiger partial charge in [-0.1, -0.05) is 18.6 Å². The van der Waals surface area contributed by atoms with Gasteiger partial charge in [0.15, 0.2) is 0 Å². The summed E-state index contributed by atoms with van der Waals surface area (Å²) in [6, 6.07) is 6.74. The van der Waals surface area contributed by atoms with Crippen LogP contribution in [-0.4, -0.2) is 35.2 Å². The first kappa shape index (κ1) is 16.8. The van der Waals surface area contributed by atoms with Crippen molar-refractivity contribution in [3.8, 4) is 0 Å². The predicted molar refractivity (Wildman–Crippen MR) is 87.5 cm³/mol. The fourth-order valence-electron chi connectivity index (χ4n) is 3.64. The van der Waals surface area contributed by atoms with Gasteiger partial charge in [0.25, 0.3) is 11.8 Å². The number of hydrogen-bond donors (Lipinski definition) is 0. The summed E-state index contributed by atoms with van der Waals surface area (Å²) in [5.41, 5.74) is 0.846. The number of carbonyl (C=O) groups excluding carboxylic acids is 3. The van der Waals surface area contributed by atoms with Gasteiger partial charge in [-0.25, -0.2) is 4.39 Å². The molecule has 2 amide bonds. The molecule has 1 aliphatic heterocycles. The van der Waals surface area contributed by atoms with E-state index >= 15 is 0 Å². The van der Waals surface area contributed by atoms with Crippen LogP contribution in [0, 0.1) is 5.92 Å². The average Bonchev–Trinajstić information content (AvgIpc) is 2.82. The van der Waals surface area contributed by atoms with Gasteiger partial charge < -0.3 is 0 Å². The Hall–Kier alpha value is -2.04. The van der Waals surface area contributed by atoms with Crippen molar-refractivity contribution in [2.75, 3.05) is 6.54 Å². The molecule has 0 N–H and O–H groups in total.